The molecule has 0 saturated carbocycles. The van der Waals surface area contributed by atoms with Crippen LogP contribution in [0.1, 0.15) is 31.0 Å². The Morgan fingerprint density at radius 1 is 1.00 bits per heavy atom. The zero-order valence-electron chi connectivity index (χ0n) is 22.0. The molecular formula is C30H29F2N5O2. The van der Waals surface area contributed by atoms with E-state index >= 15 is 0 Å². The number of nitrogens with zero attached hydrogens (tertiary/aromatic N) is 5. The van der Waals surface area contributed by atoms with Crippen molar-refractivity contribution in [2.75, 3.05) is 24.5 Å². The fourth-order valence-corrected chi connectivity index (χ4v) is 5.42. The van der Waals surface area contributed by atoms with Crippen LogP contribution in [0.2, 0.25) is 0 Å². The van der Waals surface area contributed by atoms with Gasteiger partial charge in [0.1, 0.15) is 11.6 Å². The number of benzene rings is 2. The molecule has 0 spiro atoms. The summed E-state index contributed by atoms with van der Waals surface area (Å²) in [5, 5.41) is 11.4. The zero-order chi connectivity index (χ0) is 27.9. The Morgan fingerprint density at radius 3 is 2.13 bits per heavy atom. The van der Waals surface area contributed by atoms with Gasteiger partial charge in [-0.3, -0.25) is 9.69 Å². The van der Waals surface area contributed by atoms with Crippen molar-refractivity contribution in [2.45, 2.75) is 31.5 Å². The van der Waals surface area contributed by atoms with Crippen LogP contribution in [0.5, 0.6) is 0 Å². The summed E-state index contributed by atoms with van der Waals surface area (Å²) < 4.78 is 29.2. The molecule has 1 N–H and O–H groups in total. The average Bonchev–Trinajstić information content (AvgIpc) is 2.92. The number of hydrogen-bond donors (Lipinski definition) is 1. The molecule has 200 valence electrons. The highest BCUT2D eigenvalue weighted by Crippen LogP contribution is 2.37. The maximum atomic E-state index is 13.8. The van der Waals surface area contributed by atoms with Crippen molar-refractivity contribution in [3.05, 3.63) is 111 Å². The van der Waals surface area contributed by atoms with Crippen molar-refractivity contribution in [3.8, 4) is 0 Å². The van der Waals surface area contributed by atoms with Crippen LogP contribution in [0.25, 0.3) is 15.9 Å². The molecule has 1 saturated heterocycles. The molecule has 2 aromatic heterocycles. The van der Waals surface area contributed by atoms with E-state index < -0.39 is 11.6 Å². The van der Waals surface area contributed by atoms with Crippen LogP contribution in [-0.2, 0) is 7.05 Å². The van der Waals surface area contributed by atoms with E-state index in [0.717, 1.165) is 11.1 Å². The first-order chi connectivity index (χ1) is 18.6. The maximum absolute atomic E-state index is 13.8. The first-order valence-corrected chi connectivity index (χ1v) is 12.7. The molecular weight excluding hydrogens is 500 g/mol. The molecule has 1 atom stereocenters. The zero-order valence-corrected chi connectivity index (χ0v) is 22.0. The van der Waals surface area contributed by atoms with Crippen molar-refractivity contribution in [1.29, 1.82) is 0 Å². The number of hydrogen-bond acceptors (Lipinski definition) is 5. The van der Waals surface area contributed by atoms with Gasteiger partial charge < -0.3 is 19.4 Å². The second-order valence-corrected chi connectivity index (χ2v) is 10.4. The summed E-state index contributed by atoms with van der Waals surface area (Å²) in [5.74, 6) is -0.485. The van der Waals surface area contributed by atoms with Crippen LogP contribution in [-0.4, -0.2) is 50.8 Å². The monoisotopic (exact) mass is 529 g/mol. The molecule has 1 fully saturated rings. The van der Waals surface area contributed by atoms with Crippen LogP contribution in [0.3, 0.4) is 0 Å². The van der Waals surface area contributed by atoms with Crippen molar-refractivity contribution in [1.82, 2.24) is 14.5 Å². The Labute approximate surface area is 225 Å². The summed E-state index contributed by atoms with van der Waals surface area (Å²) in [6.45, 7) is 12.2. The van der Waals surface area contributed by atoms with Gasteiger partial charge >= 0.3 is 0 Å². The normalized spacial score (nSPS) is 16.6. The van der Waals surface area contributed by atoms with E-state index in [4.69, 9.17) is 6.57 Å². The highest BCUT2D eigenvalue weighted by atomic mass is 19.1. The molecule has 9 heteroatoms. The van der Waals surface area contributed by atoms with Gasteiger partial charge in [-0.2, -0.15) is 0 Å². The molecule has 1 aliphatic heterocycles. The third-order valence-electron chi connectivity index (χ3n) is 7.45. The summed E-state index contributed by atoms with van der Waals surface area (Å²) in [4.78, 5) is 25.0. The maximum Gasteiger partial charge on any atom is 0.270 e. The van der Waals surface area contributed by atoms with E-state index in [2.05, 4.69) is 14.7 Å². The van der Waals surface area contributed by atoms with Gasteiger partial charge in [-0.15, -0.1) is 4.98 Å². The molecule has 3 heterocycles. The molecule has 2 aromatic carbocycles. The summed E-state index contributed by atoms with van der Waals surface area (Å²) in [5.41, 5.74) is 2.01. The van der Waals surface area contributed by atoms with Crippen molar-refractivity contribution >= 4 is 22.5 Å². The number of aliphatic hydroxyl groups is 1. The Hall–Kier alpha value is -4.13. The SMILES string of the molecule is [C-]#[N+]c1ccc2c(n1)c(N1CCN(C(c3ccc(F)cc3)c3ccc(F)cc3)C(C(C)(C)O)C1)cc(=O)n2C. The Bertz CT molecular complexity index is 1560. The van der Waals surface area contributed by atoms with Crippen molar-refractivity contribution < 1.29 is 13.9 Å². The Balaban J connectivity index is 1.60. The van der Waals surface area contributed by atoms with Crippen LogP contribution in [0.4, 0.5) is 20.3 Å². The molecule has 1 unspecified atom stereocenters. The standard InChI is InChI=1S/C30H29F2N5O2/c1-30(2,39)25-18-36(24-17-27(38)35(4)23-13-14-26(33-3)34-28(23)24)15-16-37(25)29(19-5-9-21(31)10-6-19)20-7-11-22(32)12-8-20/h5-14,17,25,29,39H,15-16,18H2,1-2,4H3. The molecule has 5 rings (SSSR count). The number of piperazine rings is 1. The quantitative estimate of drug-likeness (QED) is 0.376. The predicted octanol–water partition coefficient (Wildman–Crippen LogP) is 4.81. The molecule has 4 aromatic rings. The number of anilines is 1. The minimum atomic E-state index is -1.18. The second-order valence-electron chi connectivity index (χ2n) is 10.4. The van der Waals surface area contributed by atoms with Crippen LogP contribution in [0.15, 0.2) is 71.5 Å². The molecule has 39 heavy (non-hydrogen) atoms. The van der Waals surface area contributed by atoms with E-state index in [1.807, 2.05) is 4.90 Å². The fourth-order valence-electron chi connectivity index (χ4n) is 5.42. The number of pyridine rings is 2. The molecule has 1 aliphatic rings. The third kappa shape index (κ3) is 5.13. The lowest BCUT2D eigenvalue weighted by atomic mass is 9.88. The largest absolute Gasteiger partial charge is 0.389 e. The van der Waals surface area contributed by atoms with E-state index in [1.165, 1.54) is 34.9 Å². The molecule has 0 radical (unpaired) electrons. The minimum absolute atomic E-state index is 0.201. The number of fused-ring (bicyclic) bond motifs is 1. The number of aromatic nitrogens is 2. The Kier molecular flexibility index (Phi) is 6.93. The third-order valence-corrected chi connectivity index (χ3v) is 7.45. The summed E-state index contributed by atoms with van der Waals surface area (Å²) >= 11 is 0. The first-order valence-electron chi connectivity index (χ1n) is 12.7. The van der Waals surface area contributed by atoms with Crippen LogP contribution < -0.4 is 10.5 Å². The number of halogens is 2. The predicted molar refractivity (Wildman–Crippen MR) is 147 cm³/mol. The molecule has 0 aliphatic carbocycles. The van der Waals surface area contributed by atoms with Gasteiger partial charge in [0.15, 0.2) is 0 Å². The first kappa shape index (κ1) is 26.5. The highest BCUT2D eigenvalue weighted by Gasteiger charge is 2.42. The van der Waals surface area contributed by atoms with Crippen LogP contribution in [0, 0.1) is 18.2 Å². The van der Waals surface area contributed by atoms with E-state index in [0.29, 0.717) is 36.4 Å². The summed E-state index contributed by atoms with van der Waals surface area (Å²) in [6.07, 6.45) is 0. The van der Waals surface area contributed by atoms with Gasteiger partial charge in [0.25, 0.3) is 11.4 Å². The smallest absolute Gasteiger partial charge is 0.270 e. The topological polar surface area (TPSA) is 66.0 Å². The lowest BCUT2D eigenvalue weighted by Gasteiger charge is -2.50. The van der Waals surface area contributed by atoms with Gasteiger partial charge in [-0.1, -0.05) is 30.8 Å². The average molecular weight is 530 g/mol. The minimum Gasteiger partial charge on any atom is -0.389 e. The van der Waals surface area contributed by atoms with Crippen molar-refractivity contribution in [2.24, 2.45) is 7.05 Å². The Morgan fingerprint density at radius 2 is 1.59 bits per heavy atom. The lowest BCUT2D eigenvalue weighted by molar-refractivity contribution is -0.0357. The van der Waals surface area contributed by atoms with Crippen molar-refractivity contribution in [3.63, 3.8) is 0 Å². The molecule has 0 bridgehead atoms. The van der Waals surface area contributed by atoms with E-state index in [9.17, 15) is 18.7 Å². The highest BCUT2D eigenvalue weighted by molar-refractivity contribution is 5.89. The van der Waals surface area contributed by atoms with Crippen LogP contribution >= 0.6 is 0 Å². The van der Waals surface area contributed by atoms with Gasteiger partial charge in [0.05, 0.1) is 28.9 Å². The summed E-state index contributed by atoms with van der Waals surface area (Å²) in [6, 6.07) is 16.5. The lowest BCUT2D eigenvalue weighted by Crippen LogP contribution is -2.62. The van der Waals surface area contributed by atoms with Gasteiger partial charge in [0, 0.05) is 32.7 Å². The molecule has 7 nitrogen and oxygen atoms in total. The molecule has 0 amide bonds. The summed E-state index contributed by atoms with van der Waals surface area (Å²) in [7, 11) is 1.67. The number of rotatable bonds is 5. The van der Waals surface area contributed by atoms with Gasteiger partial charge in [0.2, 0.25) is 5.52 Å². The van der Waals surface area contributed by atoms with E-state index in [1.54, 1.807) is 57.3 Å². The van der Waals surface area contributed by atoms with E-state index in [-0.39, 0.29) is 29.1 Å². The number of aryl methyl sites for hydroxylation is 1. The van der Waals surface area contributed by atoms with Gasteiger partial charge in [-0.05, 0) is 61.4 Å². The van der Waals surface area contributed by atoms with Gasteiger partial charge in [-0.25, -0.2) is 8.78 Å². The second kappa shape index (κ2) is 10.2. The fraction of sp³-hybridized carbons (Fsp3) is 0.300.